The number of carbonyl (C=O) groups is 1. The SMILES string of the molecule is CC(C)OC(=O)[C@H](C)NP(=O)(OC[C@@H]1O[C@H](n2ccc(=O)[nH]c2=O)[C@@](C)(F)[C@H]1O)Oc1ccccc1. The van der Waals surface area contributed by atoms with Crippen molar-refractivity contribution >= 4 is 13.7 Å². The van der Waals surface area contributed by atoms with E-state index < -0.39 is 67.8 Å². The van der Waals surface area contributed by atoms with Crippen LogP contribution in [0.2, 0.25) is 0 Å². The van der Waals surface area contributed by atoms with Gasteiger partial charge in [0, 0.05) is 12.3 Å². The molecule has 14 heteroatoms. The van der Waals surface area contributed by atoms with Gasteiger partial charge >= 0.3 is 19.4 Å². The molecule has 0 saturated carbocycles. The van der Waals surface area contributed by atoms with Crippen molar-refractivity contribution in [3.8, 4) is 5.75 Å². The molecule has 2 aromatic rings. The van der Waals surface area contributed by atoms with Crippen molar-refractivity contribution in [3.63, 3.8) is 0 Å². The summed E-state index contributed by atoms with van der Waals surface area (Å²) in [5.41, 5.74) is -4.12. The lowest BCUT2D eigenvalue weighted by atomic mass is 9.98. The molecule has 12 nitrogen and oxygen atoms in total. The Balaban J connectivity index is 1.80. The Morgan fingerprint density at radius 1 is 1.28 bits per heavy atom. The molecule has 36 heavy (non-hydrogen) atoms. The quantitative estimate of drug-likeness (QED) is 0.305. The number of rotatable bonds is 10. The van der Waals surface area contributed by atoms with Crippen LogP contribution in [0.15, 0.2) is 52.2 Å². The van der Waals surface area contributed by atoms with Gasteiger partial charge in [-0.15, -0.1) is 0 Å². The van der Waals surface area contributed by atoms with Gasteiger partial charge in [0.1, 0.15) is 24.0 Å². The van der Waals surface area contributed by atoms with Gasteiger partial charge in [-0.1, -0.05) is 18.2 Å². The summed E-state index contributed by atoms with van der Waals surface area (Å²) in [5, 5.41) is 13.0. The molecule has 0 spiro atoms. The van der Waals surface area contributed by atoms with Crippen LogP contribution in [0.5, 0.6) is 5.75 Å². The van der Waals surface area contributed by atoms with Crippen molar-refractivity contribution in [2.24, 2.45) is 0 Å². The van der Waals surface area contributed by atoms with Crippen LogP contribution < -0.4 is 20.9 Å². The molecule has 0 aliphatic carbocycles. The fourth-order valence-electron chi connectivity index (χ4n) is 3.47. The number of benzene rings is 1. The Hall–Kier alpha value is -2.83. The second-order valence-corrected chi connectivity index (χ2v) is 10.4. The fraction of sp³-hybridized carbons (Fsp3) is 0.500. The maximum absolute atomic E-state index is 15.4. The zero-order chi connectivity index (χ0) is 26.7. The molecule has 1 aliphatic rings. The second-order valence-electron chi connectivity index (χ2n) is 8.67. The lowest BCUT2D eigenvalue weighted by Gasteiger charge is -2.25. The van der Waals surface area contributed by atoms with Crippen LogP contribution in [0.1, 0.15) is 33.9 Å². The predicted octanol–water partition coefficient (Wildman–Crippen LogP) is 1.66. The summed E-state index contributed by atoms with van der Waals surface area (Å²) in [6, 6.07) is 7.86. The average molecular weight is 529 g/mol. The first-order valence-electron chi connectivity index (χ1n) is 11.1. The summed E-state index contributed by atoms with van der Waals surface area (Å²) in [6.45, 7) is 5.07. The summed E-state index contributed by atoms with van der Waals surface area (Å²) >= 11 is 0. The number of aliphatic hydroxyl groups excluding tert-OH is 1. The minimum Gasteiger partial charge on any atom is -0.462 e. The van der Waals surface area contributed by atoms with E-state index in [0.717, 1.165) is 23.8 Å². The first-order valence-corrected chi connectivity index (χ1v) is 12.7. The molecule has 1 fully saturated rings. The highest BCUT2D eigenvalue weighted by Gasteiger charge is 2.55. The van der Waals surface area contributed by atoms with Gasteiger partial charge in [-0.05, 0) is 39.8 Å². The molecule has 1 aromatic carbocycles. The average Bonchev–Trinajstić information content (AvgIpc) is 3.01. The number of alkyl halides is 1. The molecular weight excluding hydrogens is 500 g/mol. The van der Waals surface area contributed by atoms with E-state index in [1.54, 1.807) is 32.0 Å². The zero-order valence-corrected chi connectivity index (χ0v) is 21.0. The van der Waals surface area contributed by atoms with E-state index >= 15 is 4.39 Å². The number of para-hydroxylation sites is 1. The van der Waals surface area contributed by atoms with E-state index in [4.69, 9.17) is 18.5 Å². The van der Waals surface area contributed by atoms with E-state index in [1.807, 2.05) is 4.98 Å². The third-order valence-corrected chi connectivity index (χ3v) is 6.90. The Morgan fingerprint density at radius 2 is 1.94 bits per heavy atom. The number of aromatic amines is 1. The molecule has 1 saturated heterocycles. The molecule has 0 radical (unpaired) electrons. The molecule has 6 atom stereocenters. The number of nitrogens with zero attached hydrogens (tertiary/aromatic N) is 1. The minimum atomic E-state index is -4.30. The maximum Gasteiger partial charge on any atom is 0.459 e. The smallest absolute Gasteiger partial charge is 0.459 e. The van der Waals surface area contributed by atoms with Crippen LogP contribution in [0.25, 0.3) is 0 Å². The Morgan fingerprint density at radius 3 is 2.56 bits per heavy atom. The lowest BCUT2D eigenvalue weighted by Crippen LogP contribution is -2.43. The van der Waals surface area contributed by atoms with Crippen molar-refractivity contribution < 1.29 is 37.4 Å². The highest BCUT2D eigenvalue weighted by atomic mass is 31.2. The number of esters is 1. The van der Waals surface area contributed by atoms with E-state index in [2.05, 4.69) is 5.09 Å². The third-order valence-electron chi connectivity index (χ3n) is 5.26. The number of hydrogen-bond acceptors (Lipinski definition) is 9. The molecule has 3 rings (SSSR count). The normalized spacial score (nSPS) is 26.4. The van der Waals surface area contributed by atoms with Gasteiger partial charge < -0.3 is 19.1 Å². The summed E-state index contributed by atoms with van der Waals surface area (Å²) in [6.07, 6.45) is -4.21. The zero-order valence-electron chi connectivity index (χ0n) is 20.1. The monoisotopic (exact) mass is 529 g/mol. The topological polar surface area (TPSA) is 158 Å². The Labute approximate surface area is 205 Å². The van der Waals surface area contributed by atoms with Gasteiger partial charge in [-0.3, -0.25) is 23.7 Å². The number of aromatic nitrogens is 2. The molecule has 0 bridgehead atoms. The molecule has 1 aromatic heterocycles. The Bertz CT molecular complexity index is 1220. The largest absolute Gasteiger partial charge is 0.462 e. The molecule has 198 valence electrons. The highest BCUT2D eigenvalue weighted by Crippen LogP contribution is 2.47. The molecular formula is C22H29FN3O9P. The van der Waals surface area contributed by atoms with Crippen LogP contribution in [-0.2, 0) is 23.4 Å². The molecule has 1 unspecified atom stereocenters. The van der Waals surface area contributed by atoms with E-state index in [-0.39, 0.29) is 5.75 Å². The molecule has 0 amide bonds. The van der Waals surface area contributed by atoms with Gasteiger partial charge in [0.25, 0.3) is 5.56 Å². The van der Waals surface area contributed by atoms with E-state index in [0.29, 0.717) is 0 Å². The lowest BCUT2D eigenvalue weighted by molar-refractivity contribution is -0.149. The first-order chi connectivity index (χ1) is 16.8. The third kappa shape index (κ3) is 6.48. The van der Waals surface area contributed by atoms with Crippen molar-refractivity contribution in [1.82, 2.24) is 14.6 Å². The van der Waals surface area contributed by atoms with Crippen molar-refractivity contribution in [1.29, 1.82) is 0 Å². The highest BCUT2D eigenvalue weighted by molar-refractivity contribution is 7.52. The van der Waals surface area contributed by atoms with Crippen molar-refractivity contribution in [2.45, 2.75) is 63.9 Å². The summed E-state index contributed by atoms with van der Waals surface area (Å²) in [5.74, 6) is -0.560. The van der Waals surface area contributed by atoms with E-state index in [9.17, 15) is 24.1 Å². The van der Waals surface area contributed by atoms with Gasteiger partial charge in [0.15, 0.2) is 11.9 Å². The van der Waals surface area contributed by atoms with Crippen LogP contribution >= 0.6 is 7.75 Å². The van der Waals surface area contributed by atoms with E-state index in [1.165, 1.54) is 19.1 Å². The number of nitrogens with one attached hydrogen (secondary N) is 2. The Kier molecular flexibility index (Phi) is 8.52. The minimum absolute atomic E-state index is 0.152. The number of hydrogen-bond donors (Lipinski definition) is 3. The summed E-state index contributed by atoms with van der Waals surface area (Å²) < 4.78 is 51.4. The number of halogens is 1. The van der Waals surface area contributed by atoms with Gasteiger partial charge in [-0.2, -0.15) is 5.09 Å². The van der Waals surface area contributed by atoms with Crippen LogP contribution in [-0.4, -0.2) is 57.3 Å². The molecule has 1 aliphatic heterocycles. The standard InChI is InChI=1S/C22H29FN3O9P/c1-13(2)33-19(29)14(3)25-36(31,35-15-8-6-5-7-9-15)32-12-16-18(28)22(4,23)20(34-16)26-11-10-17(27)24-21(26)30/h5-11,13-14,16,18,20,28H,12H2,1-4H3,(H,25,31)(H,24,27,30)/t14-,16-,18-,20-,22-,36?/m0/s1. The van der Waals surface area contributed by atoms with Crippen LogP contribution in [0, 0.1) is 0 Å². The molecule has 3 N–H and O–H groups in total. The summed E-state index contributed by atoms with van der Waals surface area (Å²) in [7, 11) is -4.30. The first kappa shape index (κ1) is 27.8. The number of H-pyrrole nitrogens is 1. The van der Waals surface area contributed by atoms with Gasteiger partial charge in [-0.25, -0.2) is 13.8 Å². The fourth-order valence-corrected chi connectivity index (χ4v) is 4.97. The van der Waals surface area contributed by atoms with Gasteiger partial charge in [0.2, 0.25) is 0 Å². The number of carbonyl (C=O) groups excluding carboxylic acids is 1. The summed E-state index contributed by atoms with van der Waals surface area (Å²) in [4.78, 5) is 37.7. The van der Waals surface area contributed by atoms with Crippen LogP contribution in [0.3, 0.4) is 0 Å². The van der Waals surface area contributed by atoms with Gasteiger partial charge in [0.05, 0.1) is 12.7 Å². The van der Waals surface area contributed by atoms with Crippen molar-refractivity contribution in [3.05, 3.63) is 63.4 Å². The molecule has 2 heterocycles. The number of aliphatic hydroxyl groups is 1. The van der Waals surface area contributed by atoms with Crippen LogP contribution in [0.4, 0.5) is 4.39 Å². The van der Waals surface area contributed by atoms with Crippen molar-refractivity contribution in [2.75, 3.05) is 6.61 Å². The maximum atomic E-state index is 15.4. The predicted molar refractivity (Wildman–Crippen MR) is 125 cm³/mol. The second kappa shape index (κ2) is 11.1. The number of ether oxygens (including phenoxy) is 2.